The molecule has 1 aromatic carbocycles. The topological polar surface area (TPSA) is 42.0 Å². The third-order valence-electron chi connectivity index (χ3n) is 2.52. The number of rotatable bonds is 2. The first-order valence-corrected chi connectivity index (χ1v) is 6.47. The summed E-state index contributed by atoms with van der Waals surface area (Å²) in [6.07, 6.45) is 0. The Hall–Kier alpha value is -1.75. The molecule has 0 aliphatic carbocycles. The molecule has 0 saturated heterocycles. The Balaban J connectivity index is 2.22. The normalized spacial score (nSPS) is 10.3. The van der Waals surface area contributed by atoms with Gasteiger partial charge in [-0.1, -0.05) is 0 Å². The highest BCUT2D eigenvalue weighted by Crippen LogP contribution is 2.18. The van der Waals surface area contributed by atoms with Crippen molar-refractivity contribution in [3.05, 3.63) is 57.4 Å². The van der Waals surface area contributed by atoms with Gasteiger partial charge in [0.15, 0.2) is 0 Å². The van der Waals surface area contributed by atoms with Crippen molar-refractivity contribution in [3.63, 3.8) is 0 Å². The number of anilines is 1. The summed E-state index contributed by atoms with van der Waals surface area (Å²) in [7, 11) is 0. The van der Waals surface area contributed by atoms with E-state index in [9.17, 15) is 9.18 Å². The molecule has 0 atom stereocenters. The van der Waals surface area contributed by atoms with Crippen LogP contribution >= 0.6 is 15.9 Å². The number of nitrogens with one attached hydrogen (secondary N) is 1. The zero-order valence-corrected chi connectivity index (χ0v) is 12.1. The molecule has 2 rings (SSSR count). The Morgan fingerprint density at radius 2 is 2.00 bits per heavy atom. The number of pyridine rings is 1. The lowest BCUT2D eigenvalue weighted by Gasteiger charge is -2.07. The highest BCUT2D eigenvalue weighted by molar-refractivity contribution is 9.10. The monoisotopic (exact) mass is 322 g/mol. The van der Waals surface area contributed by atoms with E-state index in [1.807, 2.05) is 19.9 Å². The van der Waals surface area contributed by atoms with Gasteiger partial charge in [0.25, 0.3) is 5.91 Å². The van der Waals surface area contributed by atoms with E-state index in [2.05, 4.69) is 26.2 Å². The van der Waals surface area contributed by atoms with Gasteiger partial charge in [0.2, 0.25) is 0 Å². The maximum atomic E-state index is 13.1. The molecule has 0 radical (unpaired) electrons. The second-order valence-electron chi connectivity index (χ2n) is 4.25. The summed E-state index contributed by atoms with van der Waals surface area (Å²) in [6.45, 7) is 3.79. The first kappa shape index (κ1) is 13.7. The average Bonchev–Trinajstić information content (AvgIpc) is 2.31. The molecule has 1 heterocycles. The number of hydrogen-bond acceptors (Lipinski definition) is 2. The molecule has 1 aromatic heterocycles. The van der Waals surface area contributed by atoms with Crippen LogP contribution in [0.25, 0.3) is 0 Å². The molecule has 0 spiro atoms. The fourth-order valence-electron chi connectivity index (χ4n) is 1.73. The zero-order chi connectivity index (χ0) is 14.0. The predicted molar refractivity (Wildman–Crippen MR) is 75.8 cm³/mol. The van der Waals surface area contributed by atoms with Gasteiger partial charge in [-0.25, -0.2) is 9.37 Å². The van der Waals surface area contributed by atoms with Gasteiger partial charge < -0.3 is 5.32 Å². The van der Waals surface area contributed by atoms with Crippen molar-refractivity contribution < 1.29 is 9.18 Å². The minimum Gasteiger partial charge on any atom is -0.307 e. The summed E-state index contributed by atoms with van der Waals surface area (Å²) in [5, 5.41) is 2.69. The first-order chi connectivity index (χ1) is 8.95. The molecule has 0 fully saturated rings. The third-order valence-corrected chi connectivity index (χ3v) is 3.13. The first-order valence-electron chi connectivity index (χ1n) is 5.67. The molecule has 98 valence electrons. The fourth-order valence-corrected chi connectivity index (χ4v) is 2.11. The Morgan fingerprint density at radius 1 is 1.26 bits per heavy atom. The molecule has 0 saturated carbocycles. The second-order valence-corrected chi connectivity index (χ2v) is 5.11. The SMILES string of the molecule is Cc1cc(C)nc(NC(=O)c2ccc(F)c(Br)c2)c1. The fraction of sp³-hybridized carbons (Fsp3) is 0.143. The van der Waals surface area contributed by atoms with Crippen molar-refractivity contribution in [1.82, 2.24) is 4.98 Å². The molecule has 0 aliphatic rings. The Labute approximate surface area is 119 Å². The maximum Gasteiger partial charge on any atom is 0.256 e. The minimum atomic E-state index is -0.402. The Kier molecular flexibility index (Phi) is 3.95. The van der Waals surface area contributed by atoms with Crippen LogP contribution in [0.3, 0.4) is 0 Å². The van der Waals surface area contributed by atoms with E-state index < -0.39 is 5.82 Å². The van der Waals surface area contributed by atoms with Crippen LogP contribution in [-0.4, -0.2) is 10.9 Å². The number of nitrogens with zero attached hydrogens (tertiary/aromatic N) is 1. The number of carbonyl (C=O) groups excluding carboxylic acids is 1. The lowest BCUT2D eigenvalue weighted by atomic mass is 10.2. The van der Waals surface area contributed by atoms with Crippen LogP contribution in [0.2, 0.25) is 0 Å². The van der Waals surface area contributed by atoms with Crippen LogP contribution in [-0.2, 0) is 0 Å². The highest BCUT2D eigenvalue weighted by atomic mass is 79.9. The van der Waals surface area contributed by atoms with Gasteiger partial charge >= 0.3 is 0 Å². The van der Waals surface area contributed by atoms with Gasteiger partial charge in [-0.05, 0) is 65.7 Å². The van der Waals surface area contributed by atoms with E-state index in [-0.39, 0.29) is 10.4 Å². The van der Waals surface area contributed by atoms with E-state index in [0.717, 1.165) is 11.3 Å². The Morgan fingerprint density at radius 3 is 2.63 bits per heavy atom. The number of carbonyl (C=O) groups is 1. The molecule has 0 bridgehead atoms. The molecule has 5 heteroatoms. The summed E-state index contributed by atoms with van der Waals surface area (Å²) in [6, 6.07) is 7.81. The van der Waals surface area contributed by atoms with Gasteiger partial charge in [-0.2, -0.15) is 0 Å². The molecule has 1 N–H and O–H groups in total. The van der Waals surface area contributed by atoms with E-state index in [1.54, 1.807) is 6.07 Å². The molecule has 1 amide bonds. The van der Waals surface area contributed by atoms with Crippen LogP contribution in [0, 0.1) is 19.7 Å². The van der Waals surface area contributed by atoms with Crippen molar-refractivity contribution >= 4 is 27.7 Å². The van der Waals surface area contributed by atoms with Crippen molar-refractivity contribution in [2.24, 2.45) is 0 Å². The van der Waals surface area contributed by atoms with E-state index >= 15 is 0 Å². The summed E-state index contributed by atoms with van der Waals surface area (Å²) in [5.41, 5.74) is 2.22. The molecular weight excluding hydrogens is 311 g/mol. The van der Waals surface area contributed by atoms with Crippen LogP contribution in [0.5, 0.6) is 0 Å². The summed E-state index contributed by atoms with van der Waals surface area (Å²) < 4.78 is 13.4. The molecule has 0 unspecified atom stereocenters. The van der Waals surface area contributed by atoms with Gasteiger partial charge in [0.1, 0.15) is 11.6 Å². The second kappa shape index (κ2) is 5.48. The molecule has 3 nitrogen and oxygen atoms in total. The van der Waals surface area contributed by atoms with E-state index in [0.29, 0.717) is 11.4 Å². The van der Waals surface area contributed by atoms with Crippen molar-refractivity contribution in [2.45, 2.75) is 13.8 Å². The number of halogens is 2. The van der Waals surface area contributed by atoms with Crippen molar-refractivity contribution in [3.8, 4) is 0 Å². The molecule has 19 heavy (non-hydrogen) atoms. The summed E-state index contributed by atoms with van der Waals surface area (Å²) >= 11 is 3.05. The van der Waals surface area contributed by atoms with E-state index in [1.165, 1.54) is 18.2 Å². The standard InChI is InChI=1S/C14H12BrFN2O/c1-8-5-9(2)17-13(6-8)18-14(19)10-3-4-12(16)11(15)7-10/h3-7H,1-2H3,(H,17,18,19). The van der Waals surface area contributed by atoms with Gasteiger partial charge in [-0.3, -0.25) is 4.79 Å². The van der Waals surface area contributed by atoms with Gasteiger partial charge in [-0.15, -0.1) is 0 Å². The lowest BCUT2D eigenvalue weighted by molar-refractivity contribution is 0.102. The van der Waals surface area contributed by atoms with Gasteiger partial charge in [0, 0.05) is 11.3 Å². The quantitative estimate of drug-likeness (QED) is 0.912. The van der Waals surface area contributed by atoms with Crippen LogP contribution < -0.4 is 5.32 Å². The van der Waals surface area contributed by atoms with Crippen LogP contribution in [0.4, 0.5) is 10.2 Å². The zero-order valence-electron chi connectivity index (χ0n) is 10.5. The molecular formula is C14H12BrFN2O. The largest absolute Gasteiger partial charge is 0.307 e. The van der Waals surface area contributed by atoms with Crippen molar-refractivity contribution in [1.29, 1.82) is 0 Å². The van der Waals surface area contributed by atoms with Crippen molar-refractivity contribution in [2.75, 3.05) is 5.32 Å². The van der Waals surface area contributed by atoms with Crippen LogP contribution in [0.1, 0.15) is 21.6 Å². The minimum absolute atomic E-state index is 0.258. The highest BCUT2D eigenvalue weighted by Gasteiger charge is 2.09. The maximum absolute atomic E-state index is 13.1. The number of aromatic nitrogens is 1. The summed E-state index contributed by atoms with van der Waals surface area (Å²) in [5.74, 6) is -0.234. The smallest absolute Gasteiger partial charge is 0.256 e. The third kappa shape index (κ3) is 3.38. The number of hydrogen-bond donors (Lipinski definition) is 1. The molecule has 0 aliphatic heterocycles. The average molecular weight is 323 g/mol. The number of amides is 1. The Bertz CT molecular complexity index is 623. The van der Waals surface area contributed by atoms with Crippen LogP contribution in [0.15, 0.2) is 34.8 Å². The summed E-state index contributed by atoms with van der Waals surface area (Å²) in [4.78, 5) is 16.2. The van der Waals surface area contributed by atoms with E-state index in [4.69, 9.17) is 0 Å². The lowest BCUT2D eigenvalue weighted by Crippen LogP contribution is -2.13. The number of aryl methyl sites for hydroxylation is 2. The van der Waals surface area contributed by atoms with Gasteiger partial charge in [0.05, 0.1) is 4.47 Å². The predicted octanol–water partition coefficient (Wildman–Crippen LogP) is 3.85. The molecule has 2 aromatic rings. The number of benzene rings is 1.